The summed E-state index contributed by atoms with van der Waals surface area (Å²) >= 11 is 5.14. The molecule has 0 saturated carbocycles. The molecule has 1 aliphatic rings. The van der Waals surface area contributed by atoms with E-state index in [1.165, 1.54) is 4.31 Å². The van der Waals surface area contributed by atoms with Gasteiger partial charge >= 0.3 is 0 Å². The van der Waals surface area contributed by atoms with Crippen molar-refractivity contribution in [2.24, 2.45) is 0 Å². The standard InChI is InChI=1S/C13H19N3O3S2/c1-15(2)13(20)14-11-3-5-12(6-4-11)21(17,18)16-7-9-19-10-8-16/h3-6H,7-10H2,1-2H3,(H,14,20). The van der Waals surface area contributed by atoms with Crippen molar-refractivity contribution in [1.82, 2.24) is 9.21 Å². The fourth-order valence-electron chi connectivity index (χ4n) is 1.88. The molecule has 1 heterocycles. The first-order chi connectivity index (χ1) is 9.91. The van der Waals surface area contributed by atoms with Crippen molar-refractivity contribution in [3.05, 3.63) is 24.3 Å². The number of benzene rings is 1. The van der Waals surface area contributed by atoms with E-state index in [9.17, 15) is 8.42 Å². The van der Waals surface area contributed by atoms with Crippen molar-refractivity contribution < 1.29 is 13.2 Å². The number of thiocarbonyl (C=S) groups is 1. The van der Waals surface area contributed by atoms with E-state index in [-0.39, 0.29) is 4.90 Å². The van der Waals surface area contributed by atoms with E-state index in [2.05, 4.69) is 5.32 Å². The lowest BCUT2D eigenvalue weighted by atomic mass is 10.3. The van der Waals surface area contributed by atoms with E-state index < -0.39 is 10.0 Å². The highest BCUT2D eigenvalue weighted by atomic mass is 32.2. The van der Waals surface area contributed by atoms with E-state index in [4.69, 9.17) is 17.0 Å². The van der Waals surface area contributed by atoms with Gasteiger partial charge in [0, 0.05) is 32.9 Å². The quantitative estimate of drug-likeness (QED) is 0.834. The highest BCUT2D eigenvalue weighted by Crippen LogP contribution is 2.19. The molecule has 0 bridgehead atoms. The second kappa shape index (κ2) is 6.69. The molecule has 1 aromatic rings. The fourth-order valence-corrected chi connectivity index (χ4v) is 3.41. The Bertz CT molecular complexity index is 594. The van der Waals surface area contributed by atoms with Crippen LogP contribution in [-0.4, -0.2) is 63.1 Å². The summed E-state index contributed by atoms with van der Waals surface area (Å²) in [7, 11) is 0.238. The van der Waals surface area contributed by atoms with Crippen LogP contribution in [0.4, 0.5) is 5.69 Å². The molecule has 0 amide bonds. The summed E-state index contributed by atoms with van der Waals surface area (Å²) in [6.07, 6.45) is 0. The zero-order valence-corrected chi connectivity index (χ0v) is 13.7. The molecule has 8 heteroatoms. The molecule has 2 rings (SSSR count). The van der Waals surface area contributed by atoms with Crippen molar-refractivity contribution in [1.29, 1.82) is 0 Å². The zero-order chi connectivity index (χ0) is 15.5. The lowest BCUT2D eigenvalue weighted by Gasteiger charge is -2.26. The molecule has 0 spiro atoms. The Balaban J connectivity index is 2.12. The summed E-state index contributed by atoms with van der Waals surface area (Å²) in [5.41, 5.74) is 0.759. The van der Waals surface area contributed by atoms with Crippen LogP contribution in [0.15, 0.2) is 29.2 Å². The van der Waals surface area contributed by atoms with Gasteiger partial charge in [-0.25, -0.2) is 8.42 Å². The molecule has 0 unspecified atom stereocenters. The van der Waals surface area contributed by atoms with Crippen LogP contribution in [0.3, 0.4) is 0 Å². The van der Waals surface area contributed by atoms with Crippen LogP contribution in [0.25, 0.3) is 0 Å². The molecular formula is C13H19N3O3S2. The van der Waals surface area contributed by atoms with E-state index in [1.807, 2.05) is 14.1 Å². The molecule has 1 N–H and O–H groups in total. The van der Waals surface area contributed by atoms with Crippen molar-refractivity contribution in [3.8, 4) is 0 Å². The molecule has 0 aromatic heterocycles. The molecule has 0 radical (unpaired) electrons. The maximum Gasteiger partial charge on any atom is 0.243 e. The van der Waals surface area contributed by atoms with Crippen LogP contribution >= 0.6 is 12.2 Å². The molecule has 1 fully saturated rings. The van der Waals surface area contributed by atoms with E-state index in [1.54, 1.807) is 29.2 Å². The van der Waals surface area contributed by atoms with Crippen LogP contribution in [-0.2, 0) is 14.8 Å². The van der Waals surface area contributed by atoms with Gasteiger partial charge < -0.3 is 15.0 Å². The number of hydrogen-bond acceptors (Lipinski definition) is 4. The molecule has 6 nitrogen and oxygen atoms in total. The highest BCUT2D eigenvalue weighted by Gasteiger charge is 2.26. The first-order valence-electron chi connectivity index (χ1n) is 6.57. The minimum atomic E-state index is -3.44. The van der Waals surface area contributed by atoms with E-state index in [0.717, 1.165) is 5.69 Å². The number of nitrogens with zero attached hydrogens (tertiary/aromatic N) is 2. The van der Waals surface area contributed by atoms with Gasteiger partial charge in [0.25, 0.3) is 0 Å². The van der Waals surface area contributed by atoms with Crippen molar-refractivity contribution in [3.63, 3.8) is 0 Å². The third kappa shape index (κ3) is 3.91. The zero-order valence-electron chi connectivity index (χ0n) is 12.1. The van der Waals surface area contributed by atoms with Gasteiger partial charge in [-0.3, -0.25) is 0 Å². The van der Waals surface area contributed by atoms with Crippen LogP contribution in [0.5, 0.6) is 0 Å². The minimum Gasteiger partial charge on any atom is -0.379 e. The summed E-state index contributed by atoms with van der Waals surface area (Å²) in [6.45, 7) is 1.67. The number of anilines is 1. The van der Waals surface area contributed by atoms with Gasteiger partial charge in [-0.2, -0.15) is 4.31 Å². The Kier molecular flexibility index (Phi) is 5.15. The monoisotopic (exact) mass is 329 g/mol. The molecule has 1 aromatic carbocycles. The molecule has 1 saturated heterocycles. The number of hydrogen-bond donors (Lipinski definition) is 1. The van der Waals surface area contributed by atoms with Gasteiger partial charge in [0.05, 0.1) is 18.1 Å². The summed E-state index contributed by atoms with van der Waals surface area (Å²) < 4.78 is 31.5. The van der Waals surface area contributed by atoms with Gasteiger partial charge in [0.1, 0.15) is 0 Å². The topological polar surface area (TPSA) is 61.9 Å². The largest absolute Gasteiger partial charge is 0.379 e. The minimum absolute atomic E-state index is 0.283. The third-order valence-corrected chi connectivity index (χ3v) is 5.50. The number of morpholine rings is 1. The van der Waals surface area contributed by atoms with E-state index >= 15 is 0 Å². The second-order valence-corrected chi connectivity index (χ2v) is 7.19. The average molecular weight is 329 g/mol. The molecular weight excluding hydrogens is 310 g/mol. The van der Waals surface area contributed by atoms with Gasteiger partial charge in [-0.15, -0.1) is 0 Å². The Morgan fingerprint density at radius 3 is 2.33 bits per heavy atom. The third-order valence-electron chi connectivity index (χ3n) is 3.12. The fraction of sp³-hybridized carbons (Fsp3) is 0.462. The molecule has 21 heavy (non-hydrogen) atoms. The SMILES string of the molecule is CN(C)C(=S)Nc1ccc(S(=O)(=O)N2CCOCC2)cc1. The number of nitrogens with one attached hydrogen (secondary N) is 1. The van der Waals surface area contributed by atoms with Gasteiger partial charge in [-0.1, -0.05) is 0 Å². The summed E-state index contributed by atoms with van der Waals surface area (Å²) in [6, 6.07) is 6.60. The maximum absolute atomic E-state index is 12.4. The lowest BCUT2D eigenvalue weighted by Crippen LogP contribution is -2.40. The Morgan fingerprint density at radius 1 is 1.24 bits per heavy atom. The number of rotatable bonds is 3. The predicted octanol–water partition coefficient (Wildman–Crippen LogP) is 0.966. The maximum atomic E-state index is 12.4. The van der Waals surface area contributed by atoms with Crippen molar-refractivity contribution >= 4 is 33.0 Å². The second-order valence-electron chi connectivity index (χ2n) is 4.87. The molecule has 116 valence electrons. The first-order valence-corrected chi connectivity index (χ1v) is 8.42. The van der Waals surface area contributed by atoms with Crippen LogP contribution in [0.2, 0.25) is 0 Å². The van der Waals surface area contributed by atoms with Gasteiger partial charge in [-0.05, 0) is 36.5 Å². The van der Waals surface area contributed by atoms with Crippen LogP contribution in [0, 0.1) is 0 Å². The smallest absolute Gasteiger partial charge is 0.243 e. The average Bonchev–Trinajstić information content (AvgIpc) is 2.48. The van der Waals surface area contributed by atoms with Crippen molar-refractivity contribution in [2.45, 2.75) is 4.90 Å². The Hall–Kier alpha value is -1.22. The van der Waals surface area contributed by atoms with Crippen LogP contribution < -0.4 is 5.32 Å². The van der Waals surface area contributed by atoms with Crippen LogP contribution in [0.1, 0.15) is 0 Å². The predicted molar refractivity (Wildman–Crippen MR) is 85.9 cm³/mol. The normalized spacial score (nSPS) is 16.5. The Labute approximate surface area is 130 Å². The summed E-state index contributed by atoms with van der Waals surface area (Å²) in [4.78, 5) is 2.05. The summed E-state index contributed by atoms with van der Waals surface area (Å²) in [5.74, 6) is 0. The highest BCUT2D eigenvalue weighted by molar-refractivity contribution is 7.89. The van der Waals surface area contributed by atoms with Gasteiger partial charge in [0.2, 0.25) is 10.0 Å². The van der Waals surface area contributed by atoms with Crippen molar-refractivity contribution in [2.75, 3.05) is 45.7 Å². The number of ether oxygens (including phenoxy) is 1. The molecule has 0 atom stereocenters. The lowest BCUT2D eigenvalue weighted by molar-refractivity contribution is 0.0730. The molecule has 0 aliphatic carbocycles. The summed E-state index contributed by atoms with van der Waals surface area (Å²) in [5, 5.41) is 3.60. The molecule has 1 aliphatic heterocycles. The van der Waals surface area contributed by atoms with Gasteiger partial charge in [0.15, 0.2) is 5.11 Å². The number of sulfonamides is 1. The first kappa shape index (κ1) is 16.2. The van der Waals surface area contributed by atoms with E-state index in [0.29, 0.717) is 31.4 Å². The Morgan fingerprint density at radius 2 is 1.81 bits per heavy atom.